The molecule has 1 saturated heterocycles. The molecular weight excluding hydrogens is 359 g/mol. The molecule has 1 atom stereocenters. The number of nitrogens with zero attached hydrogens (tertiary/aromatic N) is 1. The number of benzene rings is 2. The number of anilines is 1. The molecule has 136 valence electrons. The summed E-state index contributed by atoms with van der Waals surface area (Å²) in [6.45, 7) is 1.54. The van der Waals surface area contributed by atoms with Gasteiger partial charge in [0, 0.05) is 17.7 Å². The lowest BCUT2D eigenvalue weighted by atomic mass is 10.1. The van der Waals surface area contributed by atoms with Gasteiger partial charge in [-0.3, -0.25) is 9.59 Å². The first kappa shape index (κ1) is 18.1. The van der Waals surface area contributed by atoms with Gasteiger partial charge in [-0.2, -0.15) is 0 Å². The lowest BCUT2D eigenvalue weighted by Gasteiger charge is -2.16. The topological polar surface area (TPSA) is 83.6 Å². The van der Waals surface area contributed by atoms with E-state index >= 15 is 0 Å². The van der Waals surface area contributed by atoms with Crippen LogP contribution in [0, 0.1) is 11.7 Å². The Hall–Kier alpha value is -2.74. The quantitative estimate of drug-likeness (QED) is 0.885. The van der Waals surface area contributed by atoms with Crippen molar-refractivity contribution in [2.24, 2.45) is 5.92 Å². The van der Waals surface area contributed by atoms with E-state index < -0.39 is 33.6 Å². The van der Waals surface area contributed by atoms with Crippen LogP contribution < -0.4 is 9.62 Å². The third-order valence-electron chi connectivity index (χ3n) is 4.10. The minimum absolute atomic E-state index is 0.00624. The Balaban J connectivity index is 1.80. The normalized spacial score (nSPS) is 18.8. The van der Waals surface area contributed by atoms with E-state index in [9.17, 15) is 22.4 Å². The van der Waals surface area contributed by atoms with Crippen LogP contribution in [-0.2, 0) is 21.4 Å². The van der Waals surface area contributed by atoms with Gasteiger partial charge in [0.1, 0.15) is 5.82 Å². The molecule has 2 aromatic carbocycles. The van der Waals surface area contributed by atoms with Crippen molar-refractivity contribution in [2.75, 3.05) is 10.1 Å². The van der Waals surface area contributed by atoms with E-state index in [0.717, 1.165) is 4.31 Å². The molecule has 1 fully saturated rings. The smallest absolute Gasteiger partial charge is 0.251 e. The number of hydrogen-bond donors (Lipinski definition) is 1. The Morgan fingerprint density at radius 2 is 1.96 bits per heavy atom. The number of rotatable bonds is 4. The van der Waals surface area contributed by atoms with Crippen LogP contribution in [0.5, 0.6) is 0 Å². The van der Waals surface area contributed by atoms with Crippen LogP contribution in [0.3, 0.4) is 0 Å². The van der Waals surface area contributed by atoms with Gasteiger partial charge in [-0.05, 0) is 24.3 Å². The molecule has 0 saturated carbocycles. The molecule has 2 amide bonds. The zero-order valence-electron chi connectivity index (χ0n) is 14.0. The van der Waals surface area contributed by atoms with Crippen LogP contribution in [0.4, 0.5) is 10.1 Å². The van der Waals surface area contributed by atoms with Crippen molar-refractivity contribution in [3.63, 3.8) is 0 Å². The van der Waals surface area contributed by atoms with E-state index in [1.54, 1.807) is 25.1 Å². The number of nitrogens with one attached hydrogen (secondary N) is 1. The molecule has 1 aliphatic rings. The number of carbonyl (C=O) groups is 2. The fraction of sp³-hybridized carbons (Fsp3) is 0.222. The van der Waals surface area contributed by atoms with E-state index in [4.69, 9.17) is 0 Å². The number of hydrogen-bond acceptors (Lipinski definition) is 4. The van der Waals surface area contributed by atoms with Crippen LogP contribution in [0.15, 0.2) is 48.5 Å². The monoisotopic (exact) mass is 376 g/mol. The Kier molecular flexibility index (Phi) is 4.78. The highest BCUT2D eigenvalue weighted by molar-refractivity contribution is 7.94. The molecule has 0 radical (unpaired) electrons. The van der Waals surface area contributed by atoms with Crippen molar-refractivity contribution in [1.82, 2.24) is 5.32 Å². The number of carbonyl (C=O) groups excluding carboxylic acids is 2. The summed E-state index contributed by atoms with van der Waals surface area (Å²) in [6, 6.07) is 11.9. The Bertz CT molecular complexity index is 975. The molecule has 1 N–H and O–H groups in total. The summed E-state index contributed by atoms with van der Waals surface area (Å²) >= 11 is 0. The van der Waals surface area contributed by atoms with Crippen molar-refractivity contribution >= 4 is 27.5 Å². The van der Waals surface area contributed by atoms with Crippen molar-refractivity contribution in [3.8, 4) is 0 Å². The van der Waals surface area contributed by atoms with Crippen LogP contribution in [-0.4, -0.2) is 26.0 Å². The largest absolute Gasteiger partial charge is 0.348 e. The minimum Gasteiger partial charge on any atom is -0.348 e. The molecule has 2 aromatic rings. The zero-order chi connectivity index (χ0) is 18.9. The fourth-order valence-corrected chi connectivity index (χ4v) is 4.59. The maximum atomic E-state index is 13.6. The summed E-state index contributed by atoms with van der Waals surface area (Å²) in [5.74, 6) is -2.32. The fourth-order valence-electron chi connectivity index (χ4n) is 2.78. The van der Waals surface area contributed by atoms with Gasteiger partial charge in [0.05, 0.1) is 17.4 Å². The predicted molar refractivity (Wildman–Crippen MR) is 94.4 cm³/mol. The third kappa shape index (κ3) is 3.45. The molecule has 0 bridgehead atoms. The van der Waals surface area contributed by atoms with Gasteiger partial charge in [-0.1, -0.05) is 31.2 Å². The van der Waals surface area contributed by atoms with Gasteiger partial charge in [0.15, 0.2) is 0 Å². The van der Waals surface area contributed by atoms with E-state index in [-0.39, 0.29) is 23.5 Å². The molecule has 0 unspecified atom stereocenters. The van der Waals surface area contributed by atoms with Crippen molar-refractivity contribution in [3.05, 3.63) is 65.5 Å². The average molecular weight is 376 g/mol. The number of sulfonamides is 1. The van der Waals surface area contributed by atoms with Gasteiger partial charge >= 0.3 is 0 Å². The predicted octanol–water partition coefficient (Wildman–Crippen LogP) is 2.07. The molecule has 1 aliphatic heterocycles. The highest BCUT2D eigenvalue weighted by Crippen LogP contribution is 2.28. The van der Waals surface area contributed by atoms with Gasteiger partial charge < -0.3 is 5.32 Å². The second kappa shape index (κ2) is 6.87. The summed E-state index contributed by atoms with van der Waals surface area (Å²) in [4.78, 5) is 24.5. The zero-order valence-corrected chi connectivity index (χ0v) is 14.8. The summed E-state index contributed by atoms with van der Waals surface area (Å²) in [5.41, 5.74) is 0.641. The lowest BCUT2D eigenvalue weighted by molar-refractivity contribution is -0.119. The van der Waals surface area contributed by atoms with Crippen LogP contribution in [0.2, 0.25) is 0 Å². The Morgan fingerprint density at radius 3 is 2.62 bits per heavy atom. The summed E-state index contributed by atoms with van der Waals surface area (Å²) < 4.78 is 38.7. The standard InChI is InChI=1S/C18H17FN2O4S/c1-12-11-26(24,25)21(18(12)23)15-7-4-6-13(9-15)17(22)20-10-14-5-2-3-8-16(14)19/h2-9,12H,10-11H2,1H3,(H,20,22)/t12-/m1/s1. The molecule has 6 nitrogen and oxygen atoms in total. The summed E-state index contributed by atoms with van der Waals surface area (Å²) in [5, 5.41) is 2.58. The first-order valence-corrected chi connectivity index (χ1v) is 9.59. The van der Waals surface area contributed by atoms with E-state index in [1.165, 1.54) is 30.3 Å². The second-order valence-corrected chi connectivity index (χ2v) is 7.97. The molecule has 0 aromatic heterocycles. The molecule has 1 heterocycles. The third-order valence-corrected chi connectivity index (χ3v) is 5.97. The van der Waals surface area contributed by atoms with Gasteiger partial charge in [0.25, 0.3) is 5.91 Å². The summed E-state index contributed by atoms with van der Waals surface area (Å²) in [6.07, 6.45) is 0. The van der Waals surface area contributed by atoms with Gasteiger partial charge in [-0.25, -0.2) is 17.1 Å². The van der Waals surface area contributed by atoms with Crippen LogP contribution >= 0.6 is 0 Å². The molecular formula is C18H17FN2O4S. The average Bonchev–Trinajstić information content (AvgIpc) is 2.81. The first-order valence-electron chi connectivity index (χ1n) is 7.98. The highest BCUT2D eigenvalue weighted by atomic mass is 32.2. The number of halogens is 1. The van der Waals surface area contributed by atoms with Gasteiger partial charge in [-0.15, -0.1) is 0 Å². The number of amides is 2. The minimum atomic E-state index is -3.74. The summed E-state index contributed by atoms with van der Waals surface area (Å²) in [7, 11) is -3.74. The molecule has 3 rings (SSSR count). The van der Waals surface area contributed by atoms with E-state index in [2.05, 4.69) is 5.32 Å². The van der Waals surface area contributed by atoms with Crippen molar-refractivity contribution in [1.29, 1.82) is 0 Å². The van der Waals surface area contributed by atoms with Crippen LogP contribution in [0.25, 0.3) is 0 Å². The lowest BCUT2D eigenvalue weighted by Crippen LogP contribution is -2.30. The van der Waals surface area contributed by atoms with E-state index in [1.807, 2.05) is 0 Å². The molecule has 26 heavy (non-hydrogen) atoms. The first-order chi connectivity index (χ1) is 12.3. The van der Waals surface area contributed by atoms with Crippen LogP contribution in [0.1, 0.15) is 22.8 Å². The second-order valence-electron chi connectivity index (χ2n) is 6.11. The maximum Gasteiger partial charge on any atom is 0.251 e. The molecule has 0 aliphatic carbocycles. The Morgan fingerprint density at radius 1 is 1.23 bits per heavy atom. The SMILES string of the molecule is C[C@@H]1CS(=O)(=O)N(c2cccc(C(=O)NCc3ccccc3F)c2)C1=O. The molecule has 0 spiro atoms. The van der Waals surface area contributed by atoms with Gasteiger partial charge in [0.2, 0.25) is 15.9 Å². The molecule has 8 heteroatoms. The van der Waals surface area contributed by atoms with Crippen molar-refractivity contribution in [2.45, 2.75) is 13.5 Å². The van der Waals surface area contributed by atoms with E-state index in [0.29, 0.717) is 5.56 Å². The maximum absolute atomic E-state index is 13.6. The van der Waals surface area contributed by atoms with Crippen molar-refractivity contribution < 1.29 is 22.4 Å². The Labute approximate surface area is 150 Å². The highest BCUT2D eigenvalue weighted by Gasteiger charge is 2.42.